The Morgan fingerprint density at radius 3 is 2.72 bits per heavy atom. The molecule has 1 aromatic heterocycles. The van der Waals surface area contributed by atoms with Gasteiger partial charge in [0.25, 0.3) is 5.91 Å². The number of aryl methyl sites for hydroxylation is 1. The number of nitrogens with zero attached hydrogens (tertiary/aromatic N) is 3. The molecule has 0 aliphatic carbocycles. The van der Waals surface area contributed by atoms with E-state index in [0.29, 0.717) is 36.9 Å². The van der Waals surface area contributed by atoms with Crippen molar-refractivity contribution in [2.75, 3.05) is 11.9 Å². The fourth-order valence-electron chi connectivity index (χ4n) is 4.11. The predicted octanol–water partition coefficient (Wildman–Crippen LogP) is 5.16. The fraction of sp³-hybridized carbons (Fsp3) is 0.400. The van der Waals surface area contributed by atoms with Gasteiger partial charge in [-0.1, -0.05) is 61.7 Å². The van der Waals surface area contributed by atoms with Crippen LogP contribution in [-0.2, 0) is 19.5 Å². The summed E-state index contributed by atoms with van der Waals surface area (Å²) in [6.45, 7) is 7.97. The third-order valence-electron chi connectivity index (χ3n) is 5.76. The van der Waals surface area contributed by atoms with Crippen molar-refractivity contribution in [1.29, 1.82) is 0 Å². The lowest BCUT2D eigenvalue weighted by atomic mass is 10.0. The maximum Gasteiger partial charge on any atom is 0.268 e. The van der Waals surface area contributed by atoms with Crippen molar-refractivity contribution in [3.05, 3.63) is 70.2 Å². The number of aromatic nitrogens is 2. The second-order valence-corrected chi connectivity index (χ2v) is 9.30. The number of hydrogen-bond acceptors (Lipinski definition) is 6. The normalized spacial score (nSPS) is 16.4. The van der Waals surface area contributed by atoms with Crippen LogP contribution in [0.5, 0.6) is 5.75 Å². The van der Waals surface area contributed by atoms with Gasteiger partial charge in [-0.15, -0.1) is 5.10 Å². The lowest BCUT2D eigenvalue weighted by Crippen LogP contribution is -2.44. The number of carbonyl (C=O) groups excluding carboxylic acids is 1. The van der Waals surface area contributed by atoms with Gasteiger partial charge in [0.2, 0.25) is 0 Å². The summed E-state index contributed by atoms with van der Waals surface area (Å²) in [6.07, 6.45) is 1.53. The summed E-state index contributed by atoms with van der Waals surface area (Å²) < 4.78 is 10.4. The predicted molar refractivity (Wildman–Crippen MR) is 128 cm³/mol. The largest absolute Gasteiger partial charge is 0.491 e. The van der Waals surface area contributed by atoms with Crippen LogP contribution in [0.2, 0.25) is 0 Å². The minimum atomic E-state index is -0.0754. The molecular formula is C25H30N4O2S. The molecule has 2 aromatic carbocycles. The molecular weight excluding hydrogens is 420 g/mol. The number of benzene rings is 2. The molecule has 3 aromatic rings. The van der Waals surface area contributed by atoms with Crippen LogP contribution in [0.1, 0.15) is 53.7 Å². The van der Waals surface area contributed by atoms with Gasteiger partial charge in [0.15, 0.2) is 0 Å². The molecule has 1 N–H and O–H groups in total. The molecule has 0 saturated heterocycles. The van der Waals surface area contributed by atoms with Crippen LogP contribution in [0.15, 0.2) is 48.5 Å². The summed E-state index contributed by atoms with van der Waals surface area (Å²) in [5.41, 5.74) is 3.98. The summed E-state index contributed by atoms with van der Waals surface area (Å²) in [4.78, 5) is 16.4. The van der Waals surface area contributed by atoms with Gasteiger partial charge >= 0.3 is 0 Å². The lowest BCUT2D eigenvalue weighted by Gasteiger charge is -2.33. The van der Waals surface area contributed by atoms with E-state index < -0.39 is 0 Å². The number of amides is 1. The Balaban J connectivity index is 1.78. The van der Waals surface area contributed by atoms with Gasteiger partial charge in [0.05, 0.1) is 11.7 Å². The number of hydrogen-bond donors (Lipinski definition) is 1. The Bertz CT molecular complexity index is 1070. The van der Waals surface area contributed by atoms with Crippen LogP contribution in [0.25, 0.3) is 0 Å². The van der Waals surface area contributed by atoms with Crippen LogP contribution in [0.3, 0.4) is 0 Å². The molecule has 32 heavy (non-hydrogen) atoms. The highest BCUT2D eigenvalue weighted by Crippen LogP contribution is 2.28. The van der Waals surface area contributed by atoms with Gasteiger partial charge < -0.3 is 15.0 Å². The summed E-state index contributed by atoms with van der Waals surface area (Å²) in [5, 5.41) is 7.73. The van der Waals surface area contributed by atoms with Gasteiger partial charge in [-0.25, -0.2) is 0 Å². The number of rotatable bonds is 4. The molecule has 0 unspecified atom stereocenters. The summed E-state index contributed by atoms with van der Waals surface area (Å²) in [5.74, 6) is 1.25. The van der Waals surface area contributed by atoms with Crippen molar-refractivity contribution in [3.8, 4) is 5.75 Å². The summed E-state index contributed by atoms with van der Waals surface area (Å²) in [7, 11) is 0. The molecule has 7 heteroatoms. The molecule has 1 atom stereocenters. The van der Waals surface area contributed by atoms with Crippen LogP contribution >= 0.6 is 11.5 Å². The van der Waals surface area contributed by atoms with Crippen LogP contribution < -0.4 is 10.1 Å². The molecule has 168 valence electrons. The van der Waals surface area contributed by atoms with Crippen molar-refractivity contribution < 1.29 is 9.53 Å². The van der Waals surface area contributed by atoms with E-state index in [2.05, 4.69) is 47.0 Å². The van der Waals surface area contributed by atoms with E-state index in [-0.39, 0.29) is 11.9 Å². The van der Waals surface area contributed by atoms with Gasteiger partial charge in [-0.2, -0.15) is 0 Å². The lowest BCUT2D eigenvalue weighted by molar-refractivity contribution is 0.0561. The number of anilines is 1. The van der Waals surface area contributed by atoms with Crippen LogP contribution in [0.4, 0.5) is 5.69 Å². The highest BCUT2D eigenvalue weighted by molar-refractivity contribution is 7.08. The van der Waals surface area contributed by atoms with Crippen LogP contribution in [0, 0.1) is 5.92 Å². The van der Waals surface area contributed by atoms with E-state index in [0.717, 1.165) is 34.7 Å². The van der Waals surface area contributed by atoms with E-state index in [1.165, 1.54) is 11.5 Å². The monoisotopic (exact) mass is 450 g/mol. The highest BCUT2D eigenvalue weighted by atomic mass is 32.1. The van der Waals surface area contributed by atoms with Gasteiger partial charge in [-0.05, 0) is 48.0 Å². The van der Waals surface area contributed by atoms with Gasteiger partial charge in [0.1, 0.15) is 17.2 Å². The first-order valence-corrected chi connectivity index (χ1v) is 12.0. The topological polar surface area (TPSA) is 67.4 Å². The van der Waals surface area contributed by atoms with E-state index in [9.17, 15) is 4.79 Å². The smallest absolute Gasteiger partial charge is 0.268 e. The standard InChI is InChI=1S/C25H30N4O2S/c1-4-21-24(32-28-27-21)25(30)29-15-19-10-5-7-11-22(19)26-14-18-9-6-8-12-23(18)31-16-20(29)13-17(2)3/h5-12,17,20,26H,4,13-16H2,1-3H3/t20-/m0/s1. The minimum absolute atomic E-state index is 0.0200. The maximum atomic E-state index is 13.8. The Hall–Kier alpha value is -2.93. The van der Waals surface area contributed by atoms with Gasteiger partial charge in [-0.3, -0.25) is 4.79 Å². The molecule has 0 saturated carbocycles. The van der Waals surface area contributed by atoms with Crippen LogP contribution in [-0.4, -0.2) is 33.0 Å². The Kier molecular flexibility index (Phi) is 7.05. The number of ether oxygens (including phenoxy) is 1. The zero-order valence-corrected chi connectivity index (χ0v) is 19.7. The molecule has 1 aliphatic rings. The summed E-state index contributed by atoms with van der Waals surface area (Å²) in [6, 6.07) is 16.2. The average Bonchev–Trinajstić information content (AvgIpc) is 3.27. The Morgan fingerprint density at radius 2 is 1.94 bits per heavy atom. The first kappa shape index (κ1) is 22.3. The van der Waals surface area contributed by atoms with Crippen molar-refractivity contribution >= 4 is 23.1 Å². The average molecular weight is 451 g/mol. The minimum Gasteiger partial charge on any atom is -0.491 e. The molecule has 2 heterocycles. The molecule has 1 amide bonds. The van der Waals surface area contributed by atoms with Gasteiger partial charge in [0, 0.05) is 24.3 Å². The fourth-order valence-corrected chi connectivity index (χ4v) is 4.82. The number of carbonyl (C=O) groups is 1. The zero-order valence-electron chi connectivity index (χ0n) is 18.9. The zero-order chi connectivity index (χ0) is 22.5. The summed E-state index contributed by atoms with van der Waals surface area (Å²) >= 11 is 1.18. The third kappa shape index (κ3) is 4.93. The first-order chi connectivity index (χ1) is 15.6. The maximum absolute atomic E-state index is 13.8. The van der Waals surface area contributed by atoms with E-state index in [1.807, 2.05) is 42.2 Å². The number of fused-ring (bicyclic) bond motifs is 2. The quantitative estimate of drug-likeness (QED) is 0.595. The Morgan fingerprint density at radius 1 is 1.19 bits per heavy atom. The second kappa shape index (κ2) is 10.1. The van der Waals surface area contributed by atoms with Crippen molar-refractivity contribution in [2.24, 2.45) is 5.92 Å². The molecule has 0 bridgehead atoms. The SMILES string of the molecule is CCc1nnsc1C(=O)N1Cc2ccccc2NCc2ccccc2OC[C@@H]1CC(C)C. The highest BCUT2D eigenvalue weighted by Gasteiger charge is 2.30. The van der Waals surface area contributed by atoms with E-state index in [1.54, 1.807) is 0 Å². The number of para-hydroxylation sites is 2. The Labute approximate surface area is 193 Å². The van der Waals surface area contributed by atoms with Crippen molar-refractivity contribution in [3.63, 3.8) is 0 Å². The molecule has 6 nitrogen and oxygen atoms in total. The molecule has 0 spiro atoms. The molecule has 0 radical (unpaired) electrons. The molecule has 0 fully saturated rings. The second-order valence-electron chi connectivity index (χ2n) is 8.55. The van der Waals surface area contributed by atoms with E-state index in [4.69, 9.17) is 4.74 Å². The van der Waals surface area contributed by atoms with Crippen molar-refractivity contribution in [2.45, 2.75) is 52.7 Å². The first-order valence-electron chi connectivity index (χ1n) is 11.2. The molecule has 1 aliphatic heterocycles. The molecule has 4 rings (SSSR count). The third-order valence-corrected chi connectivity index (χ3v) is 6.52. The van der Waals surface area contributed by atoms with Crippen molar-refractivity contribution in [1.82, 2.24) is 14.5 Å². The van der Waals surface area contributed by atoms with E-state index >= 15 is 0 Å². The number of nitrogens with one attached hydrogen (secondary N) is 1.